The van der Waals surface area contributed by atoms with Crippen molar-refractivity contribution in [3.8, 4) is 5.75 Å². The molecule has 1 saturated heterocycles. The summed E-state index contributed by atoms with van der Waals surface area (Å²) in [6.07, 6.45) is 8.89. The minimum Gasteiger partial charge on any atom is -0.497 e. The Balaban J connectivity index is 0.00000341. The van der Waals surface area contributed by atoms with Crippen molar-refractivity contribution >= 4 is 29.9 Å². The number of hydrogen-bond acceptors (Lipinski definition) is 4. The molecule has 1 atom stereocenters. The lowest BCUT2D eigenvalue weighted by Crippen LogP contribution is -2.46. The molecule has 0 aromatic heterocycles. The van der Waals surface area contributed by atoms with Crippen molar-refractivity contribution in [2.24, 2.45) is 10.4 Å². The quantitative estimate of drug-likeness (QED) is 0.263. The van der Waals surface area contributed by atoms with Crippen LogP contribution in [0, 0.1) is 5.41 Å². The second-order valence-corrected chi connectivity index (χ2v) is 8.79. The van der Waals surface area contributed by atoms with Gasteiger partial charge in [-0.1, -0.05) is 25.0 Å². The first kappa shape index (κ1) is 26.2. The highest BCUT2D eigenvalue weighted by Crippen LogP contribution is 2.40. The first-order chi connectivity index (χ1) is 14.7. The number of rotatable bonds is 10. The van der Waals surface area contributed by atoms with Crippen LogP contribution < -0.4 is 15.4 Å². The summed E-state index contributed by atoms with van der Waals surface area (Å²) in [6, 6.07) is 8.84. The van der Waals surface area contributed by atoms with Gasteiger partial charge in [-0.2, -0.15) is 0 Å². The molecule has 1 unspecified atom stereocenters. The van der Waals surface area contributed by atoms with Gasteiger partial charge >= 0.3 is 0 Å². The van der Waals surface area contributed by atoms with Crippen LogP contribution in [0.25, 0.3) is 0 Å². The average Bonchev–Trinajstić information content (AvgIpc) is 3.48. The molecule has 1 heterocycles. The summed E-state index contributed by atoms with van der Waals surface area (Å²) < 4.78 is 10.7. The number of aliphatic imine (C=N–C) groups is 1. The van der Waals surface area contributed by atoms with Gasteiger partial charge in [-0.3, -0.25) is 9.89 Å². The topological polar surface area (TPSA) is 58.1 Å². The average molecular weight is 545 g/mol. The van der Waals surface area contributed by atoms with E-state index in [4.69, 9.17) is 9.47 Å². The van der Waals surface area contributed by atoms with E-state index in [0.717, 1.165) is 50.9 Å². The van der Waals surface area contributed by atoms with Crippen LogP contribution in [-0.2, 0) is 4.74 Å². The maximum absolute atomic E-state index is 5.38. The van der Waals surface area contributed by atoms with Crippen LogP contribution in [0.3, 0.4) is 0 Å². The smallest absolute Gasteiger partial charge is 0.191 e. The Labute approximate surface area is 205 Å². The molecule has 1 aliphatic heterocycles. The predicted octanol–water partition coefficient (Wildman–Crippen LogP) is 4.21. The van der Waals surface area contributed by atoms with E-state index in [2.05, 4.69) is 44.8 Å². The zero-order valence-electron chi connectivity index (χ0n) is 19.5. The molecular weight excluding hydrogens is 503 g/mol. The summed E-state index contributed by atoms with van der Waals surface area (Å²) in [5.41, 5.74) is 1.67. The lowest BCUT2D eigenvalue weighted by molar-refractivity contribution is 0.138. The van der Waals surface area contributed by atoms with Crippen molar-refractivity contribution in [1.82, 2.24) is 15.5 Å². The van der Waals surface area contributed by atoms with Crippen LogP contribution in [0.1, 0.15) is 56.6 Å². The fourth-order valence-electron chi connectivity index (χ4n) is 4.98. The number of ether oxygens (including phenoxy) is 2. The summed E-state index contributed by atoms with van der Waals surface area (Å²) in [4.78, 5) is 7.09. The first-order valence-electron chi connectivity index (χ1n) is 11.5. The second-order valence-electron chi connectivity index (χ2n) is 8.79. The maximum atomic E-state index is 5.38. The lowest BCUT2D eigenvalue weighted by Gasteiger charge is -2.31. The highest BCUT2D eigenvalue weighted by atomic mass is 127. The van der Waals surface area contributed by atoms with Gasteiger partial charge in [-0.15, -0.1) is 24.0 Å². The fraction of sp³-hybridized carbons (Fsp3) is 0.708. The second kappa shape index (κ2) is 13.5. The Bertz CT molecular complexity index is 656. The van der Waals surface area contributed by atoms with E-state index in [-0.39, 0.29) is 24.0 Å². The molecule has 1 aliphatic carbocycles. The Hall–Kier alpha value is -1.06. The summed E-state index contributed by atoms with van der Waals surface area (Å²) in [7, 11) is 5.38. The highest BCUT2D eigenvalue weighted by Gasteiger charge is 2.33. The molecule has 3 rings (SSSR count). The standard InChI is InChI=1S/C24H40N4O2.HI/c1-25-23(27-19-24(14-17-29-2)12-4-5-13-24)26-18-22(28-15-6-7-16-28)20-8-10-21(30-3)11-9-20;/h8-11,22H,4-7,12-19H2,1-3H3,(H2,25,26,27);1H. The lowest BCUT2D eigenvalue weighted by atomic mass is 9.83. The summed E-state index contributed by atoms with van der Waals surface area (Å²) in [5.74, 6) is 1.80. The van der Waals surface area contributed by atoms with Crippen LogP contribution in [-0.4, -0.2) is 64.9 Å². The van der Waals surface area contributed by atoms with Gasteiger partial charge in [0, 0.05) is 33.9 Å². The van der Waals surface area contributed by atoms with Crippen LogP contribution in [0.2, 0.25) is 0 Å². The maximum Gasteiger partial charge on any atom is 0.191 e. The first-order valence-corrected chi connectivity index (χ1v) is 11.5. The third-order valence-corrected chi connectivity index (χ3v) is 6.90. The molecule has 1 aromatic rings. The van der Waals surface area contributed by atoms with Crippen molar-refractivity contribution in [3.05, 3.63) is 29.8 Å². The zero-order valence-corrected chi connectivity index (χ0v) is 21.8. The van der Waals surface area contributed by atoms with Gasteiger partial charge in [0.1, 0.15) is 5.75 Å². The molecule has 2 fully saturated rings. The molecule has 0 spiro atoms. The van der Waals surface area contributed by atoms with E-state index in [1.165, 1.54) is 44.1 Å². The van der Waals surface area contributed by atoms with Crippen molar-refractivity contribution in [1.29, 1.82) is 0 Å². The molecule has 2 aliphatic rings. The SMILES string of the molecule is CN=C(NCC(c1ccc(OC)cc1)N1CCCC1)NCC1(CCOC)CCCC1.I. The molecule has 0 amide bonds. The van der Waals surface area contributed by atoms with Gasteiger partial charge in [0.05, 0.1) is 13.2 Å². The van der Waals surface area contributed by atoms with E-state index in [1.807, 2.05) is 7.05 Å². The van der Waals surface area contributed by atoms with Crippen molar-refractivity contribution in [3.63, 3.8) is 0 Å². The minimum absolute atomic E-state index is 0. The Morgan fingerprint density at radius 2 is 1.74 bits per heavy atom. The fourth-order valence-corrected chi connectivity index (χ4v) is 4.98. The molecule has 0 bridgehead atoms. The number of nitrogens with one attached hydrogen (secondary N) is 2. The van der Waals surface area contributed by atoms with Crippen LogP contribution in [0.4, 0.5) is 0 Å². The largest absolute Gasteiger partial charge is 0.497 e. The third-order valence-electron chi connectivity index (χ3n) is 6.90. The Kier molecular flexibility index (Phi) is 11.4. The van der Waals surface area contributed by atoms with Crippen LogP contribution >= 0.6 is 24.0 Å². The van der Waals surface area contributed by atoms with E-state index in [0.29, 0.717) is 11.5 Å². The number of likely N-dealkylation sites (tertiary alicyclic amines) is 1. The van der Waals surface area contributed by atoms with E-state index >= 15 is 0 Å². The molecule has 1 aromatic carbocycles. The number of benzene rings is 1. The molecule has 7 heteroatoms. The van der Waals surface area contributed by atoms with Gasteiger partial charge in [0.2, 0.25) is 0 Å². The van der Waals surface area contributed by atoms with Gasteiger partial charge in [-0.05, 0) is 68.3 Å². The number of halogens is 1. The Morgan fingerprint density at radius 3 is 2.32 bits per heavy atom. The summed E-state index contributed by atoms with van der Waals surface area (Å²) >= 11 is 0. The number of nitrogens with zero attached hydrogens (tertiary/aromatic N) is 2. The van der Waals surface area contributed by atoms with Gasteiger partial charge < -0.3 is 20.1 Å². The molecular formula is C24H41IN4O2. The predicted molar refractivity (Wildman–Crippen MR) is 139 cm³/mol. The minimum atomic E-state index is 0. The monoisotopic (exact) mass is 544 g/mol. The van der Waals surface area contributed by atoms with Gasteiger partial charge in [0.25, 0.3) is 0 Å². The zero-order chi connectivity index (χ0) is 21.2. The summed E-state index contributed by atoms with van der Waals surface area (Å²) in [5, 5.41) is 7.23. The van der Waals surface area contributed by atoms with Crippen LogP contribution in [0.15, 0.2) is 29.3 Å². The van der Waals surface area contributed by atoms with E-state index < -0.39 is 0 Å². The number of hydrogen-bond donors (Lipinski definition) is 2. The van der Waals surface area contributed by atoms with Crippen LogP contribution in [0.5, 0.6) is 5.75 Å². The molecule has 176 valence electrons. The summed E-state index contributed by atoms with van der Waals surface area (Å²) in [6.45, 7) is 4.96. The molecule has 6 nitrogen and oxygen atoms in total. The van der Waals surface area contributed by atoms with Crippen molar-refractivity contribution in [2.45, 2.75) is 51.0 Å². The molecule has 31 heavy (non-hydrogen) atoms. The number of guanidine groups is 1. The van der Waals surface area contributed by atoms with Gasteiger partial charge in [0.15, 0.2) is 5.96 Å². The van der Waals surface area contributed by atoms with E-state index in [9.17, 15) is 0 Å². The molecule has 1 saturated carbocycles. The van der Waals surface area contributed by atoms with Crippen molar-refractivity contribution in [2.75, 3.05) is 54.1 Å². The highest BCUT2D eigenvalue weighted by molar-refractivity contribution is 14.0. The number of methoxy groups -OCH3 is 2. The normalized spacial score (nSPS) is 19.6. The Morgan fingerprint density at radius 1 is 1.06 bits per heavy atom. The molecule has 2 N–H and O–H groups in total. The van der Waals surface area contributed by atoms with E-state index in [1.54, 1.807) is 14.2 Å². The van der Waals surface area contributed by atoms with Gasteiger partial charge in [-0.25, -0.2) is 0 Å². The molecule has 0 radical (unpaired) electrons. The van der Waals surface area contributed by atoms with Crippen molar-refractivity contribution < 1.29 is 9.47 Å². The third kappa shape index (κ3) is 7.49.